The molecule has 332 valence electrons. The second-order valence-electron chi connectivity index (χ2n) is 18.2. The molecule has 0 N–H and O–H groups in total. The van der Waals surface area contributed by atoms with Crippen LogP contribution in [0, 0.1) is 13.8 Å². The van der Waals surface area contributed by atoms with E-state index in [0.29, 0.717) is 17.5 Å². The number of aromatic nitrogens is 4. The summed E-state index contributed by atoms with van der Waals surface area (Å²) < 4.78 is 2.42. The molecule has 12 aromatic rings. The van der Waals surface area contributed by atoms with Gasteiger partial charge in [-0.1, -0.05) is 230 Å². The Morgan fingerprint density at radius 1 is 0.300 bits per heavy atom. The third-order valence-electron chi connectivity index (χ3n) is 13.7. The fourth-order valence-electron chi connectivity index (χ4n) is 10.6. The minimum Gasteiger partial charge on any atom is -0.309 e. The summed E-state index contributed by atoms with van der Waals surface area (Å²) in [5.74, 6) is 1.86. The van der Waals surface area contributed by atoms with Crippen molar-refractivity contribution in [3.63, 3.8) is 0 Å². The molecule has 0 unspecified atom stereocenters. The second-order valence-corrected chi connectivity index (χ2v) is 22.0. The Morgan fingerprint density at radius 3 is 1.37 bits per heavy atom. The topological polar surface area (TPSA) is 43.6 Å². The van der Waals surface area contributed by atoms with Crippen molar-refractivity contribution in [3.8, 4) is 62.1 Å². The molecule has 4 nitrogen and oxygen atoms in total. The lowest BCUT2D eigenvalue weighted by molar-refractivity contribution is 1.07. The number of benzene rings is 10. The fraction of sp³-hybridized carbons (Fsp3) is 0.0308. The Balaban J connectivity index is 1.13. The van der Waals surface area contributed by atoms with Gasteiger partial charge in [-0.05, 0) is 93.2 Å². The van der Waals surface area contributed by atoms with Gasteiger partial charge in [0.25, 0.3) is 0 Å². The Hall–Kier alpha value is -8.77. The summed E-state index contributed by atoms with van der Waals surface area (Å²) in [6, 6.07) is 92.4. The van der Waals surface area contributed by atoms with E-state index in [4.69, 9.17) is 15.0 Å². The van der Waals surface area contributed by atoms with Gasteiger partial charge in [0, 0.05) is 33.2 Å². The van der Waals surface area contributed by atoms with E-state index in [-0.39, 0.29) is 0 Å². The smallest absolute Gasteiger partial charge is 0.179 e. The minimum atomic E-state index is -2.89. The van der Waals surface area contributed by atoms with Crippen molar-refractivity contribution < 1.29 is 0 Å². The SMILES string of the molecule is Cc1cc(C)cc(-c2ccc3c(c2)c2ccccc2n3-c2ccc(-c3nc(-c4ccccc4)nc(-c4ccccc4)n3)c(-c3cccc([Si](c4ccccc4)(c4ccccc4)c4ccccc4)c3)c2)c1. The Bertz CT molecular complexity index is 3660. The summed E-state index contributed by atoms with van der Waals surface area (Å²) in [6.07, 6.45) is 0. The zero-order chi connectivity index (χ0) is 47.0. The minimum absolute atomic E-state index is 0.609. The standard InChI is InChI=1S/C65H48N4Si/c1-45-39-46(2)41-51(40-45)49-35-38-62-60(43-49)57-33-18-19-34-61(57)69(62)52-36-37-58(65-67-63(47-21-8-3-9-22-47)66-64(68-65)48-23-10-4-11-24-48)59(44-52)50-25-20-32-56(42-50)70(53-26-12-5-13-27-53,54-28-14-6-15-29-54)55-30-16-7-17-31-55/h3-44H,1-2H3. The van der Waals surface area contributed by atoms with E-state index in [1.165, 1.54) is 53.8 Å². The summed E-state index contributed by atoms with van der Waals surface area (Å²) in [4.78, 5) is 15.7. The predicted molar refractivity (Wildman–Crippen MR) is 294 cm³/mol. The van der Waals surface area contributed by atoms with Gasteiger partial charge < -0.3 is 4.57 Å². The molecule has 0 amide bonds. The average Bonchev–Trinajstić information content (AvgIpc) is 3.76. The van der Waals surface area contributed by atoms with Gasteiger partial charge in [0.15, 0.2) is 25.5 Å². The zero-order valence-corrected chi connectivity index (χ0v) is 40.0. The molecule has 70 heavy (non-hydrogen) atoms. The van der Waals surface area contributed by atoms with Crippen LogP contribution in [0.3, 0.4) is 0 Å². The van der Waals surface area contributed by atoms with Crippen molar-refractivity contribution in [2.45, 2.75) is 13.8 Å². The second kappa shape index (κ2) is 18.0. The molecule has 0 atom stereocenters. The Morgan fingerprint density at radius 2 is 0.786 bits per heavy atom. The molecule has 2 aromatic heterocycles. The van der Waals surface area contributed by atoms with Crippen LogP contribution in [0.1, 0.15) is 11.1 Å². The highest BCUT2D eigenvalue weighted by Gasteiger charge is 2.41. The summed E-state index contributed by atoms with van der Waals surface area (Å²) in [5.41, 5.74) is 13.2. The molecule has 0 aliphatic carbocycles. The summed E-state index contributed by atoms with van der Waals surface area (Å²) in [6.45, 7) is 4.35. The quantitative estimate of drug-likeness (QED) is 0.101. The molecule has 12 rings (SSSR count). The van der Waals surface area contributed by atoms with Gasteiger partial charge >= 0.3 is 0 Å². The van der Waals surface area contributed by atoms with E-state index in [1.807, 2.05) is 36.4 Å². The maximum absolute atomic E-state index is 5.32. The molecule has 0 saturated heterocycles. The lowest BCUT2D eigenvalue weighted by Crippen LogP contribution is -2.74. The highest BCUT2D eigenvalue weighted by atomic mass is 28.3. The predicted octanol–water partition coefficient (Wildman–Crippen LogP) is 13.3. The molecule has 0 fully saturated rings. The number of aryl methyl sites for hydroxylation is 2. The molecule has 0 aliphatic rings. The van der Waals surface area contributed by atoms with Crippen LogP contribution >= 0.6 is 0 Å². The zero-order valence-electron chi connectivity index (χ0n) is 39.0. The van der Waals surface area contributed by atoms with E-state index in [2.05, 4.69) is 237 Å². The van der Waals surface area contributed by atoms with Crippen LogP contribution in [0.25, 0.3) is 83.9 Å². The molecule has 0 spiro atoms. The summed E-state index contributed by atoms with van der Waals surface area (Å²) in [5, 5.41) is 7.66. The molecule has 2 heterocycles. The van der Waals surface area contributed by atoms with Crippen LogP contribution in [0.5, 0.6) is 0 Å². The van der Waals surface area contributed by atoms with Crippen LogP contribution < -0.4 is 20.7 Å². The van der Waals surface area contributed by atoms with Gasteiger partial charge in [0.1, 0.15) is 0 Å². The number of para-hydroxylation sites is 1. The fourth-order valence-corrected chi connectivity index (χ4v) is 15.4. The van der Waals surface area contributed by atoms with Gasteiger partial charge in [-0.25, -0.2) is 15.0 Å². The summed E-state index contributed by atoms with van der Waals surface area (Å²) in [7, 11) is -2.89. The summed E-state index contributed by atoms with van der Waals surface area (Å²) >= 11 is 0. The average molecular weight is 913 g/mol. The first-order chi connectivity index (χ1) is 34.5. The van der Waals surface area contributed by atoms with E-state index in [9.17, 15) is 0 Å². The molecule has 10 aromatic carbocycles. The van der Waals surface area contributed by atoms with Gasteiger partial charge in [-0.15, -0.1) is 0 Å². The van der Waals surface area contributed by atoms with Gasteiger partial charge in [0.2, 0.25) is 0 Å². The van der Waals surface area contributed by atoms with Crippen molar-refractivity contribution in [1.29, 1.82) is 0 Å². The molecule has 0 bridgehead atoms. The van der Waals surface area contributed by atoms with Crippen molar-refractivity contribution in [2.24, 2.45) is 0 Å². The number of fused-ring (bicyclic) bond motifs is 3. The van der Waals surface area contributed by atoms with E-state index >= 15 is 0 Å². The molecule has 5 heteroatoms. The molecule has 0 saturated carbocycles. The van der Waals surface area contributed by atoms with Crippen LogP contribution in [0.2, 0.25) is 0 Å². The Kier molecular flexibility index (Phi) is 11.0. The van der Waals surface area contributed by atoms with E-state index < -0.39 is 8.07 Å². The lowest BCUT2D eigenvalue weighted by atomic mass is 9.97. The maximum atomic E-state index is 5.32. The monoisotopic (exact) mass is 912 g/mol. The van der Waals surface area contributed by atoms with E-state index in [0.717, 1.165) is 44.5 Å². The van der Waals surface area contributed by atoms with Crippen molar-refractivity contribution >= 4 is 50.6 Å². The van der Waals surface area contributed by atoms with Crippen LogP contribution in [0.15, 0.2) is 255 Å². The molecular weight excluding hydrogens is 865 g/mol. The molecular formula is C65H48N4Si. The van der Waals surface area contributed by atoms with Crippen LogP contribution in [-0.4, -0.2) is 27.6 Å². The lowest BCUT2D eigenvalue weighted by Gasteiger charge is -2.34. The number of nitrogens with zero attached hydrogens (tertiary/aromatic N) is 4. The number of hydrogen-bond donors (Lipinski definition) is 0. The van der Waals surface area contributed by atoms with Crippen LogP contribution in [-0.2, 0) is 0 Å². The third-order valence-corrected chi connectivity index (χ3v) is 18.4. The molecule has 0 aliphatic heterocycles. The van der Waals surface area contributed by atoms with Crippen LogP contribution in [0.4, 0.5) is 0 Å². The largest absolute Gasteiger partial charge is 0.309 e. The van der Waals surface area contributed by atoms with Crippen molar-refractivity contribution in [2.75, 3.05) is 0 Å². The Labute approximate surface area is 409 Å². The first-order valence-corrected chi connectivity index (χ1v) is 25.9. The maximum Gasteiger partial charge on any atom is 0.179 e. The normalized spacial score (nSPS) is 11.6. The number of hydrogen-bond acceptors (Lipinski definition) is 3. The first-order valence-electron chi connectivity index (χ1n) is 23.9. The first kappa shape index (κ1) is 42.6. The number of rotatable bonds is 10. The third kappa shape index (κ3) is 7.63. The van der Waals surface area contributed by atoms with Crippen molar-refractivity contribution in [3.05, 3.63) is 266 Å². The van der Waals surface area contributed by atoms with E-state index in [1.54, 1.807) is 0 Å². The highest BCUT2D eigenvalue weighted by Crippen LogP contribution is 2.39. The van der Waals surface area contributed by atoms with Gasteiger partial charge in [-0.2, -0.15) is 0 Å². The van der Waals surface area contributed by atoms with Crippen molar-refractivity contribution in [1.82, 2.24) is 19.5 Å². The highest BCUT2D eigenvalue weighted by molar-refractivity contribution is 7.19. The van der Waals surface area contributed by atoms with Gasteiger partial charge in [-0.3, -0.25) is 0 Å². The molecule has 0 radical (unpaired) electrons. The van der Waals surface area contributed by atoms with Gasteiger partial charge in [0.05, 0.1) is 11.0 Å².